The second-order valence-electron chi connectivity index (χ2n) is 3.26. The molecule has 0 aliphatic carbocycles. The van der Waals surface area contributed by atoms with Gasteiger partial charge in [-0.25, -0.2) is 22.3 Å². The summed E-state index contributed by atoms with van der Waals surface area (Å²) in [5, 5.41) is 2.20. The van der Waals surface area contributed by atoms with Crippen LogP contribution in [0.25, 0.3) is 0 Å². The fraction of sp³-hybridized carbons (Fsp3) is 0.222. The first-order chi connectivity index (χ1) is 8.33. The Kier molecular flexibility index (Phi) is 5.05. The minimum Gasteiger partial charge on any atom is -0.352 e. The average molecular weight is 340 g/mol. The molecule has 0 atom stereocenters. The first kappa shape index (κ1) is 14.9. The standard InChI is InChI=1S/C9H11BrFN3O3S/c10-6-1-2-8(7(11)5-6)18(16,17)14-4-3-13-9(12)15/h1-2,5,14H,3-4H2,(H3,12,13,15). The highest BCUT2D eigenvalue weighted by atomic mass is 79.9. The van der Waals surface area contributed by atoms with Gasteiger partial charge in [-0.15, -0.1) is 0 Å². The molecule has 0 radical (unpaired) electrons. The zero-order valence-electron chi connectivity index (χ0n) is 9.11. The molecule has 0 aliphatic heterocycles. The Hall–Kier alpha value is -1.19. The number of urea groups is 1. The lowest BCUT2D eigenvalue weighted by molar-refractivity contribution is 0.249. The van der Waals surface area contributed by atoms with Crippen molar-refractivity contribution in [1.29, 1.82) is 0 Å². The predicted octanol–water partition coefficient (Wildman–Crippen LogP) is 0.535. The van der Waals surface area contributed by atoms with Crippen molar-refractivity contribution in [1.82, 2.24) is 10.0 Å². The summed E-state index contributed by atoms with van der Waals surface area (Å²) < 4.78 is 39.4. The van der Waals surface area contributed by atoms with Gasteiger partial charge in [-0.2, -0.15) is 0 Å². The number of hydrogen-bond donors (Lipinski definition) is 3. The average Bonchev–Trinajstić information content (AvgIpc) is 2.23. The van der Waals surface area contributed by atoms with Gasteiger partial charge in [-0.05, 0) is 18.2 Å². The van der Waals surface area contributed by atoms with E-state index in [4.69, 9.17) is 5.73 Å². The summed E-state index contributed by atoms with van der Waals surface area (Å²) in [7, 11) is -3.94. The van der Waals surface area contributed by atoms with E-state index in [0.717, 1.165) is 12.1 Å². The third-order valence-electron chi connectivity index (χ3n) is 1.90. The molecule has 100 valence electrons. The molecule has 0 spiro atoms. The summed E-state index contributed by atoms with van der Waals surface area (Å²) in [4.78, 5) is 9.90. The van der Waals surface area contributed by atoms with E-state index >= 15 is 0 Å². The van der Waals surface area contributed by atoms with Crippen molar-refractivity contribution >= 4 is 32.0 Å². The molecule has 0 unspecified atom stereocenters. The monoisotopic (exact) mass is 339 g/mol. The lowest BCUT2D eigenvalue weighted by Crippen LogP contribution is -2.37. The van der Waals surface area contributed by atoms with E-state index in [1.54, 1.807) is 0 Å². The molecule has 0 bridgehead atoms. The van der Waals surface area contributed by atoms with Gasteiger partial charge in [0.1, 0.15) is 10.7 Å². The van der Waals surface area contributed by atoms with Crippen LogP contribution in [-0.2, 0) is 10.0 Å². The maximum atomic E-state index is 13.4. The highest BCUT2D eigenvalue weighted by molar-refractivity contribution is 9.10. The van der Waals surface area contributed by atoms with Crippen LogP contribution in [0.5, 0.6) is 0 Å². The SMILES string of the molecule is NC(=O)NCCNS(=O)(=O)c1ccc(Br)cc1F. The molecule has 0 aliphatic rings. The van der Waals surface area contributed by atoms with Gasteiger partial charge in [0.05, 0.1) is 0 Å². The van der Waals surface area contributed by atoms with Crippen LogP contribution in [0.15, 0.2) is 27.6 Å². The largest absolute Gasteiger partial charge is 0.352 e. The van der Waals surface area contributed by atoms with Crippen molar-refractivity contribution < 1.29 is 17.6 Å². The highest BCUT2D eigenvalue weighted by Crippen LogP contribution is 2.18. The molecule has 4 N–H and O–H groups in total. The number of sulfonamides is 1. The Balaban J connectivity index is 2.71. The Labute approximate surface area is 112 Å². The zero-order chi connectivity index (χ0) is 13.8. The molecule has 1 aromatic carbocycles. The molecule has 1 rings (SSSR count). The van der Waals surface area contributed by atoms with E-state index < -0.39 is 26.8 Å². The first-order valence-electron chi connectivity index (χ1n) is 4.81. The van der Waals surface area contributed by atoms with Crippen LogP contribution in [0.1, 0.15) is 0 Å². The lowest BCUT2D eigenvalue weighted by Gasteiger charge is -2.08. The second-order valence-corrected chi connectivity index (χ2v) is 5.91. The summed E-state index contributed by atoms with van der Waals surface area (Å²) in [5.41, 5.74) is 4.80. The molecule has 0 aromatic heterocycles. The molecule has 0 saturated heterocycles. The van der Waals surface area contributed by atoms with E-state index in [1.807, 2.05) is 0 Å². The third kappa shape index (κ3) is 4.24. The molecule has 0 fully saturated rings. The van der Waals surface area contributed by atoms with Crippen LogP contribution >= 0.6 is 15.9 Å². The van der Waals surface area contributed by atoms with Gasteiger partial charge in [-0.3, -0.25) is 0 Å². The van der Waals surface area contributed by atoms with Gasteiger partial charge in [0.15, 0.2) is 0 Å². The van der Waals surface area contributed by atoms with Crippen LogP contribution in [0.3, 0.4) is 0 Å². The number of halogens is 2. The van der Waals surface area contributed by atoms with E-state index in [2.05, 4.69) is 26.0 Å². The maximum absolute atomic E-state index is 13.4. The number of nitrogens with two attached hydrogens (primary N) is 1. The molecule has 2 amide bonds. The topological polar surface area (TPSA) is 101 Å². The summed E-state index contributed by atoms with van der Waals surface area (Å²) in [6, 6.07) is 2.85. The minimum atomic E-state index is -3.94. The Morgan fingerprint density at radius 3 is 2.61 bits per heavy atom. The van der Waals surface area contributed by atoms with Crippen molar-refractivity contribution in [3.63, 3.8) is 0 Å². The number of benzene rings is 1. The van der Waals surface area contributed by atoms with Crippen molar-refractivity contribution in [3.05, 3.63) is 28.5 Å². The number of carbonyl (C=O) groups is 1. The zero-order valence-corrected chi connectivity index (χ0v) is 11.5. The Morgan fingerprint density at radius 2 is 2.06 bits per heavy atom. The van der Waals surface area contributed by atoms with Crippen LogP contribution < -0.4 is 15.8 Å². The Morgan fingerprint density at radius 1 is 1.39 bits per heavy atom. The third-order valence-corrected chi connectivity index (χ3v) is 3.89. The van der Waals surface area contributed by atoms with Gasteiger partial charge in [-0.1, -0.05) is 15.9 Å². The summed E-state index contributed by atoms with van der Waals surface area (Å²) in [6.07, 6.45) is 0. The highest BCUT2D eigenvalue weighted by Gasteiger charge is 2.18. The molecular weight excluding hydrogens is 329 g/mol. The predicted molar refractivity (Wildman–Crippen MR) is 66.9 cm³/mol. The number of primary amides is 1. The quantitative estimate of drug-likeness (QED) is 0.682. The fourth-order valence-corrected chi connectivity index (χ4v) is 2.56. The van der Waals surface area contributed by atoms with Gasteiger partial charge in [0, 0.05) is 17.6 Å². The van der Waals surface area contributed by atoms with Crippen molar-refractivity contribution in [2.24, 2.45) is 5.73 Å². The second kappa shape index (κ2) is 6.12. The van der Waals surface area contributed by atoms with Crippen LogP contribution in [0.2, 0.25) is 0 Å². The molecule has 1 aromatic rings. The van der Waals surface area contributed by atoms with Crippen LogP contribution in [0.4, 0.5) is 9.18 Å². The lowest BCUT2D eigenvalue weighted by atomic mass is 10.3. The Bertz CT molecular complexity index is 550. The van der Waals surface area contributed by atoms with E-state index in [0.29, 0.717) is 4.47 Å². The van der Waals surface area contributed by atoms with Gasteiger partial charge >= 0.3 is 6.03 Å². The molecule has 6 nitrogen and oxygen atoms in total. The number of rotatable bonds is 5. The minimum absolute atomic E-state index is 0.0205. The van der Waals surface area contributed by atoms with Crippen molar-refractivity contribution in [3.8, 4) is 0 Å². The number of carbonyl (C=O) groups excluding carboxylic acids is 1. The number of hydrogen-bond acceptors (Lipinski definition) is 3. The summed E-state index contributed by atoms with van der Waals surface area (Å²) in [5.74, 6) is -0.861. The normalized spacial score (nSPS) is 11.2. The summed E-state index contributed by atoms with van der Waals surface area (Å²) in [6.45, 7) is -0.0620. The maximum Gasteiger partial charge on any atom is 0.312 e. The molecule has 9 heteroatoms. The first-order valence-corrected chi connectivity index (χ1v) is 7.08. The number of nitrogens with one attached hydrogen (secondary N) is 2. The molecular formula is C9H11BrFN3O3S. The van der Waals surface area contributed by atoms with Gasteiger partial charge in [0.2, 0.25) is 10.0 Å². The van der Waals surface area contributed by atoms with Crippen molar-refractivity contribution in [2.75, 3.05) is 13.1 Å². The summed E-state index contributed by atoms with van der Waals surface area (Å²) >= 11 is 3.03. The number of amides is 2. The van der Waals surface area contributed by atoms with E-state index in [9.17, 15) is 17.6 Å². The molecule has 18 heavy (non-hydrogen) atoms. The van der Waals surface area contributed by atoms with Crippen LogP contribution in [0, 0.1) is 5.82 Å². The van der Waals surface area contributed by atoms with E-state index in [-0.39, 0.29) is 13.1 Å². The van der Waals surface area contributed by atoms with Crippen molar-refractivity contribution in [2.45, 2.75) is 4.90 Å². The molecule has 0 saturated carbocycles. The molecule has 0 heterocycles. The fourth-order valence-electron chi connectivity index (χ4n) is 1.14. The smallest absolute Gasteiger partial charge is 0.312 e. The van der Waals surface area contributed by atoms with Gasteiger partial charge < -0.3 is 11.1 Å². The van der Waals surface area contributed by atoms with Crippen LogP contribution in [-0.4, -0.2) is 27.5 Å². The van der Waals surface area contributed by atoms with Gasteiger partial charge in [0.25, 0.3) is 0 Å². The van der Waals surface area contributed by atoms with E-state index in [1.165, 1.54) is 6.07 Å².